The van der Waals surface area contributed by atoms with Crippen molar-refractivity contribution in [1.82, 2.24) is 9.55 Å². The highest BCUT2D eigenvalue weighted by Gasteiger charge is 2.24. The molecule has 0 spiro atoms. The molecule has 1 aliphatic rings. The first-order valence-electron chi connectivity index (χ1n) is 12.9. The van der Waals surface area contributed by atoms with Crippen LogP contribution in [0.25, 0.3) is 82.9 Å². The van der Waals surface area contributed by atoms with E-state index in [1.165, 1.54) is 55.3 Å². The minimum atomic E-state index is 0.816. The minimum absolute atomic E-state index is 0.816. The van der Waals surface area contributed by atoms with Crippen LogP contribution in [0.4, 0.5) is 0 Å². The summed E-state index contributed by atoms with van der Waals surface area (Å²) in [5.74, 6) is 0. The van der Waals surface area contributed by atoms with E-state index in [0.29, 0.717) is 0 Å². The van der Waals surface area contributed by atoms with E-state index in [1.807, 2.05) is 18.3 Å². The summed E-state index contributed by atoms with van der Waals surface area (Å²) in [6.07, 6.45) is 1.82. The Morgan fingerprint density at radius 3 is 2.24 bits per heavy atom. The molecule has 8 aromatic rings. The highest BCUT2D eigenvalue weighted by Crippen LogP contribution is 2.47. The van der Waals surface area contributed by atoms with Gasteiger partial charge in [0.05, 0.1) is 16.7 Å². The second kappa shape index (κ2) is 7.21. The second-order valence-corrected chi connectivity index (χ2v) is 9.99. The van der Waals surface area contributed by atoms with Crippen LogP contribution in [0.2, 0.25) is 0 Å². The number of nitrogens with zero attached hydrogens (tertiary/aromatic N) is 2. The van der Waals surface area contributed by atoms with Crippen LogP contribution in [0.5, 0.6) is 0 Å². The molecule has 0 atom stereocenters. The fourth-order valence-electron chi connectivity index (χ4n) is 6.34. The Kier molecular flexibility index (Phi) is 3.79. The van der Waals surface area contributed by atoms with Crippen molar-refractivity contribution in [2.24, 2.45) is 0 Å². The number of rotatable bonds is 1. The fraction of sp³-hybridized carbons (Fsp3) is 0. The number of fused-ring (bicyclic) bond motifs is 11. The topological polar surface area (TPSA) is 31.0 Å². The van der Waals surface area contributed by atoms with Crippen LogP contribution >= 0.6 is 0 Å². The summed E-state index contributed by atoms with van der Waals surface area (Å²) in [5, 5.41) is 3.61. The smallest absolute Gasteiger partial charge is 0.153 e. The third-order valence-electron chi connectivity index (χ3n) is 8.00. The van der Waals surface area contributed by atoms with Gasteiger partial charge in [0, 0.05) is 33.5 Å². The number of furan rings is 1. The van der Waals surface area contributed by atoms with Crippen molar-refractivity contribution in [3.05, 3.63) is 121 Å². The van der Waals surface area contributed by atoms with Crippen LogP contribution in [-0.4, -0.2) is 9.55 Å². The SMILES string of the molecule is c1ccc2c(c1)-c1cc(-c3ccc4oc5cccnc5c4c3)ccc1-n1c3ccccc3c3cccc-2c31. The Hall–Kier alpha value is -5.15. The van der Waals surface area contributed by atoms with Crippen LogP contribution in [0.3, 0.4) is 0 Å². The molecule has 5 aromatic carbocycles. The lowest BCUT2D eigenvalue weighted by Crippen LogP contribution is -1.96. The summed E-state index contributed by atoms with van der Waals surface area (Å²) >= 11 is 0. The molecule has 0 amide bonds. The molecule has 9 rings (SSSR count). The van der Waals surface area contributed by atoms with Crippen LogP contribution in [0, 0.1) is 0 Å². The molecule has 1 aliphatic heterocycles. The minimum Gasteiger partial charge on any atom is -0.454 e. The summed E-state index contributed by atoms with van der Waals surface area (Å²) in [6, 6.07) is 41.4. The Labute approximate surface area is 218 Å². The maximum Gasteiger partial charge on any atom is 0.153 e. The number of para-hydroxylation sites is 2. The van der Waals surface area contributed by atoms with Gasteiger partial charge in [0.2, 0.25) is 0 Å². The molecule has 38 heavy (non-hydrogen) atoms. The zero-order valence-electron chi connectivity index (χ0n) is 20.3. The maximum absolute atomic E-state index is 6.03. The fourth-order valence-corrected chi connectivity index (χ4v) is 6.34. The molecule has 0 fully saturated rings. The molecular formula is C35H20N2O. The molecule has 3 heteroatoms. The zero-order valence-corrected chi connectivity index (χ0v) is 20.3. The number of hydrogen-bond acceptors (Lipinski definition) is 2. The summed E-state index contributed by atoms with van der Waals surface area (Å²) in [4.78, 5) is 4.59. The standard InChI is InChI=1S/C35H20N2O/c1-2-8-24-23(7-1)26-10-5-11-27-25-9-3-4-12-30(25)37(35(26)27)31-16-14-21(19-28(24)31)22-15-17-32-29(20-22)34-33(38-32)13-6-18-36-34/h1-20H. The lowest BCUT2D eigenvalue weighted by Gasteiger charge is -2.14. The number of aromatic nitrogens is 2. The normalized spacial score (nSPS) is 12.2. The first-order valence-corrected chi connectivity index (χ1v) is 12.9. The molecule has 0 unspecified atom stereocenters. The molecule has 3 nitrogen and oxygen atoms in total. The van der Waals surface area contributed by atoms with E-state index >= 15 is 0 Å². The maximum atomic E-state index is 6.03. The molecule has 0 bridgehead atoms. The van der Waals surface area contributed by atoms with Crippen molar-refractivity contribution in [2.45, 2.75) is 0 Å². The van der Waals surface area contributed by atoms with Gasteiger partial charge in [-0.25, -0.2) is 0 Å². The number of pyridine rings is 1. The second-order valence-electron chi connectivity index (χ2n) is 9.99. The summed E-state index contributed by atoms with van der Waals surface area (Å²) in [6.45, 7) is 0. The largest absolute Gasteiger partial charge is 0.454 e. The van der Waals surface area contributed by atoms with Crippen molar-refractivity contribution >= 4 is 43.9 Å². The summed E-state index contributed by atoms with van der Waals surface area (Å²) < 4.78 is 8.49. The van der Waals surface area contributed by atoms with E-state index in [-0.39, 0.29) is 0 Å². The lowest BCUT2D eigenvalue weighted by molar-refractivity contribution is 0.668. The van der Waals surface area contributed by atoms with Crippen LogP contribution in [-0.2, 0) is 0 Å². The van der Waals surface area contributed by atoms with Gasteiger partial charge in [0.15, 0.2) is 5.58 Å². The predicted molar refractivity (Wildman–Crippen MR) is 156 cm³/mol. The van der Waals surface area contributed by atoms with Crippen molar-refractivity contribution in [3.63, 3.8) is 0 Å². The Bertz CT molecular complexity index is 2250. The highest BCUT2D eigenvalue weighted by molar-refractivity contribution is 6.16. The monoisotopic (exact) mass is 484 g/mol. The van der Waals surface area contributed by atoms with Gasteiger partial charge in [-0.2, -0.15) is 0 Å². The lowest BCUT2D eigenvalue weighted by atomic mass is 9.91. The first-order chi connectivity index (χ1) is 18.8. The van der Waals surface area contributed by atoms with Crippen LogP contribution in [0.1, 0.15) is 0 Å². The Balaban J connectivity index is 1.37. The van der Waals surface area contributed by atoms with Crippen molar-refractivity contribution in [3.8, 4) is 39.1 Å². The molecule has 0 aliphatic carbocycles. The van der Waals surface area contributed by atoms with Crippen molar-refractivity contribution in [1.29, 1.82) is 0 Å². The molecule has 0 saturated carbocycles. The zero-order chi connectivity index (χ0) is 24.8. The molecular weight excluding hydrogens is 464 g/mol. The van der Waals surface area contributed by atoms with E-state index in [2.05, 4.69) is 113 Å². The van der Waals surface area contributed by atoms with Crippen LogP contribution in [0.15, 0.2) is 126 Å². The van der Waals surface area contributed by atoms with E-state index in [1.54, 1.807) is 0 Å². The number of benzene rings is 5. The third kappa shape index (κ3) is 2.55. The number of hydrogen-bond donors (Lipinski definition) is 0. The molecule has 0 saturated heterocycles. The van der Waals surface area contributed by atoms with E-state index < -0.39 is 0 Å². The molecule has 176 valence electrons. The van der Waals surface area contributed by atoms with Gasteiger partial charge < -0.3 is 8.98 Å². The van der Waals surface area contributed by atoms with Gasteiger partial charge in [0.25, 0.3) is 0 Å². The van der Waals surface area contributed by atoms with E-state index in [9.17, 15) is 0 Å². The molecule has 3 aromatic heterocycles. The van der Waals surface area contributed by atoms with Gasteiger partial charge in [-0.1, -0.05) is 72.8 Å². The summed E-state index contributed by atoms with van der Waals surface area (Å²) in [7, 11) is 0. The average molecular weight is 485 g/mol. The van der Waals surface area contributed by atoms with Gasteiger partial charge in [-0.05, 0) is 64.7 Å². The Morgan fingerprint density at radius 1 is 0.526 bits per heavy atom. The highest BCUT2D eigenvalue weighted by atomic mass is 16.3. The van der Waals surface area contributed by atoms with Crippen molar-refractivity contribution in [2.75, 3.05) is 0 Å². The van der Waals surface area contributed by atoms with E-state index in [4.69, 9.17) is 4.42 Å². The van der Waals surface area contributed by atoms with Gasteiger partial charge >= 0.3 is 0 Å². The van der Waals surface area contributed by atoms with Gasteiger partial charge in [-0.3, -0.25) is 4.98 Å². The average Bonchev–Trinajstić information content (AvgIpc) is 3.48. The van der Waals surface area contributed by atoms with Gasteiger partial charge in [0.1, 0.15) is 11.1 Å². The molecule has 0 N–H and O–H groups in total. The van der Waals surface area contributed by atoms with Crippen molar-refractivity contribution < 1.29 is 4.42 Å². The van der Waals surface area contributed by atoms with Gasteiger partial charge in [-0.15, -0.1) is 0 Å². The van der Waals surface area contributed by atoms with E-state index in [0.717, 1.165) is 27.6 Å². The summed E-state index contributed by atoms with van der Waals surface area (Å²) in [5.41, 5.74) is 13.6. The van der Waals surface area contributed by atoms with Crippen LogP contribution < -0.4 is 0 Å². The quantitative estimate of drug-likeness (QED) is 0.232. The molecule has 0 radical (unpaired) electrons. The first kappa shape index (κ1) is 20.0. The molecule has 4 heterocycles. The third-order valence-corrected chi connectivity index (χ3v) is 8.00. The predicted octanol–water partition coefficient (Wildman–Crippen LogP) is 9.39. The Morgan fingerprint density at radius 2 is 1.29 bits per heavy atom.